The van der Waals surface area contributed by atoms with Crippen molar-refractivity contribution in [2.75, 3.05) is 50.6 Å². The molecule has 1 aromatic heterocycles. The lowest BCUT2D eigenvalue weighted by Crippen LogP contribution is -3.19. The molecule has 2 heterocycles. The first-order valence-corrected chi connectivity index (χ1v) is 9.21. The Morgan fingerprint density at radius 2 is 1.89 bits per heavy atom. The van der Waals surface area contributed by atoms with E-state index < -0.39 is 0 Å². The minimum Gasteiger partial charge on any atom is -0.493 e. The molecule has 0 unspecified atom stereocenters. The molecule has 1 fully saturated rings. The molecule has 0 bridgehead atoms. The number of amides is 1. The number of hydrogen-bond donors (Lipinski definition) is 2. The molecule has 1 atom stereocenters. The normalized spacial score (nSPS) is 15.9. The third-order valence-electron chi connectivity index (χ3n) is 5.10. The maximum atomic E-state index is 12.7. The summed E-state index contributed by atoms with van der Waals surface area (Å²) in [4.78, 5) is 19.6. The number of nitrogens with zero attached hydrogens (tertiary/aromatic N) is 1. The van der Waals surface area contributed by atoms with Gasteiger partial charge >= 0.3 is 0 Å². The van der Waals surface area contributed by atoms with Crippen molar-refractivity contribution in [1.29, 1.82) is 0 Å². The van der Waals surface area contributed by atoms with Gasteiger partial charge in [0.2, 0.25) is 0 Å². The number of quaternary nitrogens is 1. The summed E-state index contributed by atoms with van der Waals surface area (Å²) in [6.45, 7) is 5.66. The van der Waals surface area contributed by atoms with Gasteiger partial charge < -0.3 is 19.7 Å². The summed E-state index contributed by atoms with van der Waals surface area (Å²) in [6.07, 6.45) is 1.94. The Bertz CT molecular complexity index is 761. The van der Waals surface area contributed by atoms with Crippen LogP contribution in [-0.2, 0) is 4.79 Å². The van der Waals surface area contributed by atoms with Crippen LogP contribution in [0.2, 0.25) is 0 Å². The molecular weight excluding hydrogens is 344 g/mol. The molecule has 0 radical (unpaired) electrons. The number of piperazine rings is 1. The van der Waals surface area contributed by atoms with Gasteiger partial charge in [0.15, 0.2) is 17.5 Å². The lowest BCUT2D eigenvalue weighted by molar-refractivity contribution is -0.914. The minimum absolute atomic E-state index is 0.0111. The lowest BCUT2D eigenvalue weighted by atomic mass is 10.2. The third kappa shape index (κ3) is 4.49. The molecule has 0 saturated carbocycles. The highest BCUT2D eigenvalue weighted by atomic mass is 16.5. The van der Waals surface area contributed by atoms with Crippen LogP contribution in [0.1, 0.15) is 6.92 Å². The summed E-state index contributed by atoms with van der Waals surface area (Å²) in [7, 11) is 3.17. The molecule has 7 heteroatoms. The van der Waals surface area contributed by atoms with Crippen LogP contribution in [0.25, 0.3) is 0 Å². The molecule has 1 saturated heterocycles. The summed E-state index contributed by atoms with van der Waals surface area (Å²) in [5.74, 6) is 2.38. The Balaban J connectivity index is 1.57. The van der Waals surface area contributed by atoms with Crippen molar-refractivity contribution >= 4 is 17.4 Å². The van der Waals surface area contributed by atoms with Crippen LogP contribution >= 0.6 is 0 Å². The fraction of sp³-hybridized carbons (Fsp3) is 0.400. The summed E-state index contributed by atoms with van der Waals surface area (Å²) < 4.78 is 10.5. The van der Waals surface area contributed by atoms with Gasteiger partial charge in [-0.1, -0.05) is 6.07 Å². The monoisotopic (exact) mass is 372 g/mol. The Kier molecular flexibility index (Phi) is 6.13. The molecule has 1 aromatic carbocycles. The number of aromatic amines is 1. The van der Waals surface area contributed by atoms with Crippen LogP contribution in [0.4, 0.5) is 11.5 Å². The number of nitrogens with one attached hydrogen (secondary N) is 3. The molecule has 0 spiro atoms. The number of ether oxygens (including phenoxy) is 2. The number of anilines is 2. The second-order valence-electron chi connectivity index (χ2n) is 6.67. The summed E-state index contributed by atoms with van der Waals surface area (Å²) in [5.41, 5.74) is 0.710. The molecule has 7 nitrogen and oxygen atoms in total. The summed E-state index contributed by atoms with van der Waals surface area (Å²) in [5, 5.41) is 2.99. The molecule has 1 aliphatic heterocycles. The van der Waals surface area contributed by atoms with Crippen molar-refractivity contribution in [1.82, 2.24) is 0 Å². The standard InChI is InChI=1S/C20H26N4O3/c1-15(20(25)22-16-7-8-17(26-2)18(14-16)27-3)23-10-12-24(13-11-23)19-6-4-5-9-21-19/h4-9,14-15H,10-13H2,1-3H3,(H,22,25)/p+2/t15-/m0/s1. The maximum absolute atomic E-state index is 12.7. The summed E-state index contributed by atoms with van der Waals surface area (Å²) in [6, 6.07) is 11.4. The second kappa shape index (κ2) is 8.73. The van der Waals surface area contributed by atoms with Crippen molar-refractivity contribution in [3.8, 4) is 11.5 Å². The minimum atomic E-state index is -0.125. The van der Waals surface area contributed by atoms with Gasteiger partial charge in [-0.15, -0.1) is 0 Å². The van der Waals surface area contributed by atoms with E-state index in [4.69, 9.17) is 9.47 Å². The van der Waals surface area contributed by atoms with E-state index in [-0.39, 0.29) is 11.9 Å². The average molecular weight is 372 g/mol. The highest BCUT2D eigenvalue weighted by molar-refractivity contribution is 5.93. The predicted molar refractivity (Wildman–Crippen MR) is 104 cm³/mol. The summed E-state index contributed by atoms with van der Waals surface area (Å²) >= 11 is 0. The van der Waals surface area contributed by atoms with E-state index in [0.29, 0.717) is 17.2 Å². The molecule has 2 aromatic rings. The highest BCUT2D eigenvalue weighted by Gasteiger charge is 2.32. The van der Waals surface area contributed by atoms with Gasteiger partial charge in [0, 0.05) is 17.8 Å². The van der Waals surface area contributed by atoms with Gasteiger partial charge in [0.05, 0.1) is 20.4 Å². The van der Waals surface area contributed by atoms with Crippen molar-refractivity contribution < 1.29 is 24.2 Å². The third-order valence-corrected chi connectivity index (χ3v) is 5.10. The highest BCUT2D eigenvalue weighted by Crippen LogP contribution is 2.29. The Hall–Kier alpha value is -2.80. The van der Waals surface area contributed by atoms with Gasteiger partial charge in [0.25, 0.3) is 11.7 Å². The zero-order valence-electron chi connectivity index (χ0n) is 16.1. The molecule has 1 amide bonds. The number of benzene rings is 1. The fourth-order valence-electron chi connectivity index (χ4n) is 3.40. The Labute approximate surface area is 159 Å². The number of rotatable bonds is 6. The molecular formula is C20H28N4O3+2. The molecule has 1 aliphatic rings. The zero-order chi connectivity index (χ0) is 19.2. The molecule has 3 rings (SSSR count). The number of methoxy groups -OCH3 is 2. The average Bonchev–Trinajstić information content (AvgIpc) is 2.73. The maximum Gasteiger partial charge on any atom is 0.282 e. The van der Waals surface area contributed by atoms with E-state index in [1.54, 1.807) is 26.4 Å². The zero-order valence-corrected chi connectivity index (χ0v) is 16.1. The van der Waals surface area contributed by atoms with Crippen LogP contribution in [0.15, 0.2) is 42.6 Å². The molecule has 0 aliphatic carbocycles. The number of carbonyl (C=O) groups excluding carboxylic acids is 1. The van der Waals surface area contributed by atoms with Crippen LogP contribution in [0, 0.1) is 0 Å². The number of carbonyl (C=O) groups is 1. The Morgan fingerprint density at radius 1 is 1.15 bits per heavy atom. The van der Waals surface area contributed by atoms with E-state index in [1.807, 2.05) is 31.3 Å². The smallest absolute Gasteiger partial charge is 0.282 e. The molecule has 27 heavy (non-hydrogen) atoms. The van der Waals surface area contributed by atoms with Gasteiger partial charge in [-0.25, -0.2) is 4.98 Å². The predicted octanol–water partition coefficient (Wildman–Crippen LogP) is 0.250. The van der Waals surface area contributed by atoms with Crippen LogP contribution in [-0.4, -0.2) is 52.3 Å². The Morgan fingerprint density at radius 3 is 2.52 bits per heavy atom. The second-order valence-corrected chi connectivity index (χ2v) is 6.67. The van der Waals surface area contributed by atoms with Gasteiger partial charge in [-0.2, -0.15) is 0 Å². The van der Waals surface area contributed by atoms with E-state index >= 15 is 0 Å². The topological polar surface area (TPSA) is 69.4 Å². The van der Waals surface area contributed by atoms with Crippen LogP contribution in [0.3, 0.4) is 0 Å². The molecule has 3 N–H and O–H groups in total. The van der Waals surface area contributed by atoms with E-state index in [9.17, 15) is 4.79 Å². The first-order valence-electron chi connectivity index (χ1n) is 9.21. The SMILES string of the molecule is COc1ccc(NC(=O)[C@H](C)[NH+]2CCN(c3cccc[nH+]3)CC2)cc1OC. The quantitative estimate of drug-likeness (QED) is 0.763. The lowest BCUT2D eigenvalue weighted by Gasteiger charge is -2.31. The first-order chi connectivity index (χ1) is 13.1. The van der Waals surface area contributed by atoms with Crippen LogP contribution < -0.4 is 29.6 Å². The van der Waals surface area contributed by atoms with Gasteiger partial charge in [-0.3, -0.25) is 9.69 Å². The fourth-order valence-corrected chi connectivity index (χ4v) is 3.40. The number of hydrogen-bond acceptors (Lipinski definition) is 4. The van der Waals surface area contributed by atoms with Crippen molar-refractivity contribution in [3.05, 3.63) is 42.6 Å². The number of pyridine rings is 1. The van der Waals surface area contributed by atoms with Crippen LogP contribution in [0.5, 0.6) is 11.5 Å². The van der Waals surface area contributed by atoms with Crippen molar-refractivity contribution in [2.24, 2.45) is 0 Å². The number of aromatic nitrogens is 1. The van der Waals surface area contributed by atoms with E-state index in [0.717, 1.165) is 32.0 Å². The number of H-pyrrole nitrogens is 1. The van der Waals surface area contributed by atoms with E-state index in [1.165, 1.54) is 4.90 Å². The van der Waals surface area contributed by atoms with Gasteiger partial charge in [-0.05, 0) is 25.1 Å². The van der Waals surface area contributed by atoms with Gasteiger partial charge in [0.1, 0.15) is 26.2 Å². The molecule has 144 valence electrons. The first kappa shape index (κ1) is 19.0. The van der Waals surface area contributed by atoms with E-state index in [2.05, 4.69) is 21.3 Å². The van der Waals surface area contributed by atoms with Crippen molar-refractivity contribution in [3.63, 3.8) is 0 Å². The van der Waals surface area contributed by atoms with Crippen molar-refractivity contribution in [2.45, 2.75) is 13.0 Å². The largest absolute Gasteiger partial charge is 0.493 e.